The molecule has 1 N–H and O–H groups in total. The van der Waals surface area contributed by atoms with Crippen molar-refractivity contribution in [1.82, 2.24) is 29.4 Å². The van der Waals surface area contributed by atoms with Crippen LogP contribution in [-0.2, 0) is 24.4 Å². The molecule has 3 heterocycles. The maximum absolute atomic E-state index is 13.6. The first-order valence-electron chi connectivity index (χ1n) is 10.1. The van der Waals surface area contributed by atoms with Gasteiger partial charge in [0.2, 0.25) is 0 Å². The van der Waals surface area contributed by atoms with Crippen LogP contribution in [0.5, 0.6) is 0 Å². The van der Waals surface area contributed by atoms with Gasteiger partial charge in [0.05, 0.1) is 12.1 Å². The highest BCUT2D eigenvalue weighted by Crippen LogP contribution is 2.31. The Balaban J connectivity index is 1.89. The van der Waals surface area contributed by atoms with E-state index in [1.54, 1.807) is 49.1 Å². The summed E-state index contributed by atoms with van der Waals surface area (Å²) in [5.41, 5.74) is 1.06. The van der Waals surface area contributed by atoms with E-state index in [-0.39, 0.29) is 29.3 Å². The second kappa shape index (κ2) is 8.90. The number of rotatable bonds is 6. The molecule has 1 aromatic carbocycles. The highest BCUT2D eigenvalue weighted by molar-refractivity contribution is 6.30. The van der Waals surface area contributed by atoms with Crippen molar-refractivity contribution in [3.63, 3.8) is 0 Å². The molecule has 4 rings (SSSR count). The molecule has 4 aromatic rings. The van der Waals surface area contributed by atoms with Gasteiger partial charge >= 0.3 is 12.1 Å². The molecule has 3 aromatic heterocycles. The number of benzene rings is 1. The molecule has 34 heavy (non-hydrogen) atoms. The van der Waals surface area contributed by atoms with Crippen LogP contribution in [0.1, 0.15) is 36.1 Å². The van der Waals surface area contributed by atoms with E-state index in [4.69, 9.17) is 11.6 Å². The van der Waals surface area contributed by atoms with Crippen molar-refractivity contribution in [2.24, 2.45) is 7.05 Å². The Kier molecular flexibility index (Phi) is 6.13. The first-order valence-corrected chi connectivity index (χ1v) is 10.5. The van der Waals surface area contributed by atoms with Crippen LogP contribution in [0.2, 0.25) is 5.02 Å². The number of nitrogens with zero attached hydrogens (tertiary/aromatic N) is 6. The van der Waals surface area contributed by atoms with E-state index in [1.807, 2.05) is 0 Å². The normalized spacial score (nSPS) is 12.5. The molecule has 8 nitrogen and oxygen atoms in total. The number of carboxylic acids is 1. The molecule has 0 amide bonds. The van der Waals surface area contributed by atoms with Gasteiger partial charge in [-0.1, -0.05) is 30.7 Å². The van der Waals surface area contributed by atoms with Gasteiger partial charge in [-0.15, -0.1) is 5.10 Å². The number of carbonyl (C=O) groups is 1. The third-order valence-electron chi connectivity index (χ3n) is 4.95. The quantitative estimate of drug-likeness (QED) is 0.418. The Morgan fingerprint density at radius 3 is 2.50 bits per heavy atom. The van der Waals surface area contributed by atoms with Crippen LogP contribution in [0.15, 0.2) is 36.5 Å². The van der Waals surface area contributed by atoms with Gasteiger partial charge in [-0.05, 0) is 30.7 Å². The van der Waals surface area contributed by atoms with E-state index in [9.17, 15) is 23.1 Å². The molecule has 0 spiro atoms. The highest BCUT2D eigenvalue weighted by atomic mass is 35.5. The number of fused-ring (bicyclic) bond motifs is 1. The number of alkyl halides is 3. The van der Waals surface area contributed by atoms with Crippen LogP contribution in [0.4, 0.5) is 13.2 Å². The van der Waals surface area contributed by atoms with Crippen molar-refractivity contribution in [3.05, 3.63) is 64.3 Å². The summed E-state index contributed by atoms with van der Waals surface area (Å²) in [6.45, 7) is 1.67. The standard InChI is InChI=1S/C22H18ClF3N6O2/c1-3-16-10-17(22(24,25)26)32-21(27-16)28-20(30-32)13(9-18(33)34)8-14-11-31(2)29-19(14)12-4-6-15(23)7-5-12/h4-8,10-11H,3,9H2,1-2H3,(H,33,34)/b13-8+. The Bertz CT molecular complexity index is 1410. The maximum atomic E-state index is 13.6. The first-order chi connectivity index (χ1) is 16.0. The number of hydrogen-bond acceptors (Lipinski definition) is 5. The van der Waals surface area contributed by atoms with Crippen LogP contribution in [0.25, 0.3) is 28.7 Å². The predicted octanol–water partition coefficient (Wildman–Crippen LogP) is 4.77. The first kappa shape index (κ1) is 23.4. The summed E-state index contributed by atoms with van der Waals surface area (Å²) in [5.74, 6) is -1.62. The summed E-state index contributed by atoms with van der Waals surface area (Å²) in [6.07, 6.45) is -1.78. The molecule has 0 saturated carbocycles. The lowest BCUT2D eigenvalue weighted by atomic mass is 10.0. The summed E-state index contributed by atoms with van der Waals surface area (Å²) in [7, 11) is 1.70. The summed E-state index contributed by atoms with van der Waals surface area (Å²) in [4.78, 5) is 19.8. The Morgan fingerprint density at radius 2 is 1.88 bits per heavy atom. The number of hydrogen-bond donors (Lipinski definition) is 1. The number of aromatic nitrogens is 6. The molecule has 0 aliphatic carbocycles. The number of halogens is 4. The topological polar surface area (TPSA) is 98.2 Å². The zero-order valence-corrected chi connectivity index (χ0v) is 18.8. The molecular weight excluding hydrogens is 473 g/mol. The minimum absolute atomic E-state index is 0.104. The molecule has 12 heteroatoms. The van der Waals surface area contributed by atoms with E-state index < -0.39 is 24.3 Å². The lowest BCUT2D eigenvalue weighted by Gasteiger charge is -2.09. The van der Waals surface area contributed by atoms with Gasteiger partial charge in [0.15, 0.2) is 11.5 Å². The van der Waals surface area contributed by atoms with Crippen molar-refractivity contribution in [2.45, 2.75) is 25.9 Å². The molecule has 0 fully saturated rings. The predicted molar refractivity (Wildman–Crippen MR) is 119 cm³/mol. The van der Waals surface area contributed by atoms with E-state index in [1.165, 1.54) is 6.08 Å². The second-order valence-corrected chi connectivity index (χ2v) is 7.92. The van der Waals surface area contributed by atoms with Crippen LogP contribution < -0.4 is 0 Å². The van der Waals surface area contributed by atoms with Crippen molar-refractivity contribution < 1.29 is 23.1 Å². The van der Waals surface area contributed by atoms with Crippen LogP contribution in [0, 0.1) is 0 Å². The molecule has 176 valence electrons. The van der Waals surface area contributed by atoms with Crippen molar-refractivity contribution >= 4 is 35.0 Å². The molecule has 0 unspecified atom stereocenters. The molecule has 0 atom stereocenters. The van der Waals surface area contributed by atoms with Crippen LogP contribution in [-0.4, -0.2) is 40.4 Å². The van der Waals surface area contributed by atoms with Gasteiger partial charge in [-0.3, -0.25) is 9.48 Å². The van der Waals surface area contributed by atoms with Crippen LogP contribution >= 0.6 is 11.6 Å². The van der Waals surface area contributed by atoms with Gasteiger partial charge < -0.3 is 5.11 Å². The average molecular weight is 491 g/mol. The van der Waals surface area contributed by atoms with Gasteiger partial charge in [-0.25, -0.2) is 4.98 Å². The Hall–Kier alpha value is -3.73. The van der Waals surface area contributed by atoms with Gasteiger partial charge in [0.25, 0.3) is 5.78 Å². The zero-order chi connectivity index (χ0) is 24.6. The number of aliphatic carboxylic acids is 1. The lowest BCUT2D eigenvalue weighted by Crippen LogP contribution is -2.14. The highest BCUT2D eigenvalue weighted by Gasteiger charge is 2.35. The van der Waals surface area contributed by atoms with Crippen molar-refractivity contribution in [1.29, 1.82) is 0 Å². The SMILES string of the molecule is CCc1cc(C(F)(F)F)n2nc(/C(=C/c3cn(C)nc3-c3ccc(Cl)cc3)CC(=O)O)nc2n1. The monoisotopic (exact) mass is 490 g/mol. The fourth-order valence-electron chi connectivity index (χ4n) is 3.43. The second-order valence-electron chi connectivity index (χ2n) is 7.48. The molecule has 0 saturated heterocycles. The van der Waals surface area contributed by atoms with E-state index >= 15 is 0 Å². The summed E-state index contributed by atoms with van der Waals surface area (Å²) in [5, 5.41) is 18.4. The Labute approximate surface area is 196 Å². The van der Waals surface area contributed by atoms with E-state index in [0.29, 0.717) is 20.8 Å². The lowest BCUT2D eigenvalue weighted by molar-refractivity contribution is -0.142. The third kappa shape index (κ3) is 4.79. The fraction of sp³-hybridized carbons (Fsp3) is 0.227. The summed E-state index contributed by atoms with van der Waals surface area (Å²) >= 11 is 5.96. The smallest absolute Gasteiger partial charge is 0.433 e. The van der Waals surface area contributed by atoms with Gasteiger partial charge in [-0.2, -0.15) is 27.8 Å². The zero-order valence-electron chi connectivity index (χ0n) is 18.0. The minimum Gasteiger partial charge on any atom is -0.481 e. The minimum atomic E-state index is -4.70. The maximum Gasteiger partial charge on any atom is 0.433 e. The number of carboxylic acid groups (broad SMARTS) is 1. The van der Waals surface area contributed by atoms with Crippen molar-refractivity contribution in [2.75, 3.05) is 0 Å². The largest absolute Gasteiger partial charge is 0.481 e. The molecule has 0 aliphatic rings. The van der Waals surface area contributed by atoms with Gasteiger partial charge in [0, 0.05) is 40.7 Å². The summed E-state index contributed by atoms with van der Waals surface area (Å²) in [6, 6.07) is 7.81. The fourth-order valence-corrected chi connectivity index (χ4v) is 3.55. The van der Waals surface area contributed by atoms with Crippen LogP contribution in [0.3, 0.4) is 0 Å². The van der Waals surface area contributed by atoms with Crippen molar-refractivity contribution in [3.8, 4) is 11.3 Å². The molecule has 0 aliphatic heterocycles. The Morgan fingerprint density at radius 1 is 1.18 bits per heavy atom. The van der Waals surface area contributed by atoms with Gasteiger partial charge in [0.1, 0.15) is 0 Å². The average Bonchev–Trinajstić information content (AvgIpc) is 3.35. The molecule has 0 radical (unpaired) electrons. The third-order valence-corrected chi connectivity index (χ3v) is 5.20. The number of aryl methyl sites for hydroxylation is 2. The molecular formula is C22H18ClF3N6O2. The summed E-state index contributed by atoms with van der Waals surface area (Å²) < 4.78 is 43.0. The molecule has 0 bridgehead atoms. The van der Waals surface area contributed by atoms with E-state index in [2.05, 4.69) is 20.2 Å². The van der Waals surface area contributed by atoms with E-state index in [0.717, 1.165) is 11.6 Å².